The number of hydrogen-bond acceptors (Lipinski definition) is 5. The molecule has 0 radical (unpaired) electrons. The molecule has 1 aliphatic rings. The second-order valence-electron chi connectivity index (χ2n) is 7.08. The minimum absolute atomic E-state index is 0.0451. The van der Waals surface area contributed by atoms with Gasteiger partial charge in [0.2, 0.25) is 0 Å². The number of rotatable bonds is 6. The van der Waals surface area contributed by atoms with Gasteiger partial charge in [-0.3, -0.25) is 4.98 Å². The first-order valence-corrected chi connectivity index (χ1v) is 9.93. The van der Waals surface area contributed by atoms with Crippen LogP contribution in [0.25, 0.3) is 11.3 Å². The summed E-state index contributed by atoms with van der Waals surface area (Å²) in [6.07, 6.45) is 1.73. The predicted octanol–water partition coefficient (Wildman–Crippen LogP) is 3.31. The molecule has 0 aliphatic carbocycles. The number of carboxylic acids is 1. The molecule has 7 nitrogen and oxygen atoms in total. The number of pyridine rings is 1. The van der Waals surface area contributed by atoms with E-state index in [1.54, 1.807) is 24.4 Å². The van der Waals surface area contributed by atoms with Gasteiger partial charge in [-0.2, -0.15) is 0 Å². The Morgan fingerprint density at radius 1 is 1.27 bits per heavy atom. The molecule has 2 unspecified atom stereocenters. The molecule has 154 valence electrons. The Morgan fingerprint density at radius 2 is 2.10 bits per heavy atom. The number of β-amino-alcohol motifs (C(OH)–C–C–N with tert-alkyl or cyclic N) is 1. The van der Waals surface area contributed by atoms with Crippen LogP contribution in [-0.2, 0) is 0 Å². The van der Waals surface area contributed by atoms with E-state index >= 15 is 0 Å². The number of nitrogens with one attached hydrogen (secondary N) is 1. The number of aliphatic hydroxyl groups is 1. The van der Waals surface area contributed by atoms with E-state index in [9.17, 15) is 15.0 Å². The van der Waals surface area contributed by atoms with Crippen molar-refractivity contribution in [3.63, 3.8) is 0 Å². The number of aromatic nitrogens is 1. The number of aliphatic hydroxyl groups excluding tert-OH is 1. The fourth-order valence-corrected chi connectivity index (χ4v) is 4.12. The summed E-state index contributed by atoms with van der Waals surface area (Å²) >= 11 is 5.50. The van der Waals surface area contributed by atoms with Crippen molar-refractivity contribution in [2.45, 2.75) is 19.0 Å². The lowest BCUT2D eigenvalue weighted by Crippen LogP contribution is -2.32. The van der Waals surface area contributed by atoms with Crippen LogP contribution in [0.15, 0.2) is 59.1 Å². The molecule has 0 amide bonds. The number of carbonyl (C=O) groups is 1. The molecule has 0 bridgehead atoms. The van der Waals surface area contributed by atoms with Crippen LogP contribution < -0.4 is 5.32 Å². The van der Waals surface area contributed by atoms with E-state index in [0.717, 1.165) is 16.8 Å². The van der Waals surface area contributed by atoms with Crippen LogP contribution in [0, 0.1) is 6.92 Å². The molecule has 0 saturated carbocycles. The molecular weight excluding hydrogens is 402 g/mol. The Hall–Kier alpha value is -3.23. The highest BCUT2D eigenvalue weighted by atomic mass is 32.1. The summed E-state index contributed by atoms with van der Waals surface area (Å²) in [5.41, 5.74) is 2.69. The van der Waals surface area contributed by atoms with Gasteiger partial charge in [-0.05, 0) is 61.1 Å². The van der Waals surface area contributed by atoms with Gasteiger partial charge in [0, 0.05) is 18.3 Å². The van der Waals surface area contributed by atoms with E-state index in [-0.39, 0.29) is 24.3 Å². The topological polar surface area (TPSA) is 98.8 Å². The molecule has 2 aromatic heterocycles. The Kier molecular flexibility index (Phi) is 5.52. The summed E-state index contributed by atoms with van der Waals surface area (Å²) in [7, 11) is 0. The van der Waals surface area contributed by atoms with E-state index in [4.69, 9.17) is 16.6 Å². The first kappa shape index (κ1) is 20.1. The smallest absolute Gasteiger partial charge is 0.335 e. The van der Waals surface area contributed by atoms with Gasteiger partial charge in [0.25, 0.3) is 0 Å². The zero-order valence-corrected chi connectivity index (χ0v) is 17.1. The zero-order valence-electron chi connectivity index (χ0n) is 16.3. The molecule has 1 aliphatic heterocycles. The Labute approximate surface area is 179 Å². The van der Waals surface area contributed by atoms with Crippen LogP contribution in [0.3, 0.4) is 0 Å². The number of thiocarbonyl (C=S) groups is 1. The lowest BCUT2D eigenvalue weighted by Gasteiger charge is -2.25. The number of hydrogen-bond donors (Lipinski definition) is 3. The normalized spacial score (nSPS) is 18.5. The summed E-state index contributed by atoms with van der Waals surface area (Å²) in [4.78, 5) is 17.6. The first-order valence-electron chi connectivity index (χ1n) is 9.52. The minimum Gasteiger partial charge on any atom is -0.478 e. The number of benzene rings is 1. The van der Waals surface area contributed by atoms with Crippen LogP contribution in [0.2, 0.25) is 0 Å². The monoisotopic (exact) mass is 423 g/mol. The number of aryl methyl sites for hydroxylation is 1. The number of aromatic carboxylic acids is 1. The van der Waals surface area contributed by atoms with Crippen LogP contribution >= 0.6 is 12.2 Å². The van der Waals surface area contributed by atoms with E-state index < -0.39 is 5.97 Å². The molecule has 1 saturated heterocycles. The maximum Gasteiger partial charge on any atom is 0.335 e. The highest BCUT2D eigenvalue weighted by Gasteiger charge is 2.41. The standard InChI is InChI=1S/C22H21N3O4S/c1-13-12-14(21(27)28)5-6-15(13)17-7-8-18(29-17)20-19(16-4-2-3-9-23-16)24-22(30)25(20)10-11-26/h2-9,12,19-20,26H,10-11H2,1H3,(H,24,30)(H,27,28). The van der Waals surface area contributed by atoms with Gasteiger partial charge in [-0.15, -0.1) is 0 Å². The average molecular weight is 423 g/mol. The van der Waals surface area contributed by atoms with Gasteiger partial charge >= 0.3 is 5.97 Å². The highest BCUT2D eigenvalue weighted by molar-refractivity contribution is 7.80. The van der Waals surface area contributed by atoms with Crippen LogP contribution in [-0.4, -0.2) is 44.3 Å². The third-order valence-electron chi connectivity index (χ3n) is 5.20. The average Bonchev–Trinajstić information content (AvgIpc) is 3.34. The molecule has 3 heterocycles. The van der Waals surface area contributed by atoms with Crippen molar-refractivity contribution in [1.82, 2.24) is 15.2 Å². The largest absolute Gasteiger partial charge is 0.478 e. The van der Waals surface area contributed by atoms with Gasteiger partial charge in [0.05, 0.1) is 23.9 Å². The molecule has 0 spiro atoms. The fourth-order valence-electron chi connectivity index (χ4n) is 3.79. The Bertz CT molecular complexity index is 1080. The van der Waals surface area contributed by atoms with Crippen LogP contribution in [0.1, 0.15) is 39.5 Å². The molecule has 30 heavy (non-hydrogen) atoms. The third-order valence-corrected chi connectivity index (χ3v) is 5.55. The molecule has 3 N–H and O–H groups in total. The van der Waals surface area contributed by atoms with Crippen molar-refractivity contribution in [1.29, 1.82) is 0 Å². The number of nitrogens with zero attached hydrogens (tertiary/aromatic N) is 2. The maximum atomic E-state index is 11.2. The van der Waals surface area contributed by atoms with Gasteiger partial charge in [-0.25, -0.2) is 4.79 Å². The molecule has 1 fully saturated rings. The quantitative estimate of drug-likeness (QED) is 0.520. The van der Waals surface area contributed by atoms with Crippen molar-refractivity contribution in [3.05, 3.63) is 77.3 Å². The van der Waals surface area contributed by atoms with E-state index in [0.29, 0.717) is 23.2 Å². The summed E-state index contributed by atoms with van der Waals surface area (Å²) < 4.78 is 6.21. The second kappa shape index (κ2) is 8.25. The van der Waals surface area contributed by atoms with Gasteiger partial charge in [0.1, 0.15) is 17.6 Å². The Morgan fingerprint density at radius 3 is 2.77 bits per heavy atom. The second-order valence-corrected chi connectivity index (χ2v) is 7.47. The highest BCUT2D eigenvalue weighted by Crippen LogP contribution is 2.40. The summed E-state index contributed by atoms with van der Waals surface area (Å²) in [6, 6.07) is 13.9. The molecule has 3 aromatic rings. The van der Waals surface area contributed by atoms with Crippen molar-refractivity contribution < 1.29 is 19.4 Å². The SMILES string of the molecule is Cc1cc(C(=O)O)ccc1-c1ccc(C2C(c3ccccn3)NC(=S)N2CCO)o1. The maximum absolute atomic E-state index is 11.2. The fraction of sp³-hybridized carbons (Fsp3) is 0.227. The number of carboxylic acid groups (broad SMARTS) is 1. The van der Waals surface area contributed by atoms with Crippen LogP contribution in [0.5, 0.6) is 0 Å². The van der Waals surface area contributed by atoms with Gasteiger partial charge in [0.15, 0.2) is 5.11 Å². The van der Waals surface area contributed by atoms with Crippen molar-refractivity contribution in [2.75, 3.05) is 13.2 Å². The molecule has 4 rings (SSSR count). The summed E-state index contributed by atoms with van der Waals surface area (Å²) in [5, 5.41) is 22.5. The summed E-state index contributed by atoms with van der Waals surface area (Å²) in [6.45, 7) is 2.17. The molecule has 1 aromatic carbocycles. The zero-order chi connectivity index (χ0) is 21.3. The van der Waals surface area contributed by atoms with Gasteiger partial charge in [-0.1, -0.05) is 12.1 Å². The van der Waals surface area contributed by atoms with E-state index in [2.05, 4.69) is 10.3 Å². The lowest BCUT2D eigenvalue weighted by molar-refractivity contribution is 0.0696. The van der Waals surface area contributed by atoms with Crippen molar-refractivity contribution in [3.8, 4) is 11.3 Å². The molecular formula is C22H21N3O4S. The summed E-state index contributed by atoms with van der Waals surface area (Å²) in [5.74, 6) is 0.359. The predicted molar refractivity (Wildman–Crippen MR) is 115 cm³/mol. The van der Waals surface area contributed by atoms with Gasteiger partial charge < -0.3 is 24.8 Å². The van der Waals surface area contributed by atoms with Crippen molar-refractivity contribution >= 4 is 23.3 Å². The Balaban J connectivity index is 1.72. The van der Waals surface area contributed by atoms with E-state index in [1.807, 2.05) is 42.2 Å². The first-order chi connectivity index (χ1) is 14.5. The van der Waals surface area contributed by atoms with Crippen molar-refractivity contribution in [2.24, 2.45) is 0 Å². The van der Waals surface area contributed by atoms with Crippen LogP contribution in [0.4, 0.5) is 0 Å². The molecule has 8 heteroatoms. The molecule has 2 atom stereocenters. The number of furan rings is 1. The lowest BCUT2D eigenvalue weighted by atomic mass is 10.0. The minimum atomic E-state index is -0.965. The third kappa shape index (κ3) is 3.67. The van der Waals surface area contributed by atoms with E-state index in [1.165, 1.54) is 0 Å².